The number of anilines is 1. The predicted molar refractivity (Wildman–Crippen MR) is 76.3 cm³/mol. The smallest absolute Gasteiger partial charge is 0.254 e. The van der Waals surface area contributed by atoms with Gasteiger partial charge in [0.25, 0.3) is 5.56 Å². The Morgan fingerprint density at radius 3 is 2.80 bits per heavy atom. The number of H-pyrrole nitrogens is 1. The lowest BCUT2D eigenvalue weighted by Crippen LogP contribution is -2.27. The van der Waals surface area contributed by atoms with E-state index in [4.69, 9.17) is 11.6 Å². The molecule has 0 saturated heterocycles. The molecular formula is C13H14ClN5O. The molecule has 0 aliphatic carbocycles. The summed E-state index contributed by atoms with van der Waals surface area (Å²) in [4.78, 5) is 21.3. The number of aromatic amines is 1. The third-order valence-electron chi connectivity index (χ3n) is 3.41. The van der Waals surface area contributed by atoms with Crippen LogP contribution in [-0.2, 0) is 12.8 Å². The van der Waals surface area contributed by atoms with Crippen molar-refractivity contribution in [3.8, 4) is 0 Å². The van der Waals surface area contributed by atoms with Gasteiger partial charge < -0.3 is 9.88 Å². The largest absolute Gasteiger partial charge is 0.354 e. The molecule has 104 valence electrons. The molecule has 20 heavy (non-hydrogen) atoms. The van der Waals surface area contributed by atoms with E-state index >= 15 is 0 Å². The van der Waals surface area contributed by atoms with Crippen molar-refractivity contribution in [3.63, 3.8) is 0 Å². The van der Waals surface area contributed by atoms with Crippen LogP contribution in [0, 0.1) is 6.92 Å². The van der Waals surface area contributed by atoms with E-state index in [2.05, 4.69) is 25.1 Å². The number of hydrogen-bond acceptors (Lipinski definition) is 5. The Morgan fingerprint density at radius 2 is 2.05 bits per heavy atom. The van der Waals surface area contributed by atoms with E-state index in [1.165, 1.54) is 0 Å². The van der Waals surface area contributed by atoms with Crippen molar-refractivity contribution in [3.05, 3.63) is 44.7 Å². The van der Waals surface area contributed by atoms with Crippen molar-refractivity contribution in [1.29, 1.82) is 0 Å². The Kier molecular flexibility index (Phi) is 3.40. The number of hydrogen-bond donors (Lipinski definition) is 1. The van der Waals surface area contributed by atoms with E-state index in [-0.39, 0.29) is 5.56 Å². The first-order valence-electron chi connectivity index (χ1n) is 6.46. The van der Waals surface area contributed by atoms with Crippen LogP contribution in [0.4, 0.5) is 5.82 Å². The van der Waals surface area contributed by atoms with E-state index in [9.17, 15) is 4.79 Å². The lowest BCUT2D eigenvalue weighted by atomic mass is 10.1. The van der Waals surface area contributed by atoms with Crippen LogP contribution in [0.2, 0.25) is 5.15 Å². The van der Waals surface area contributed by atoms with Crippen LogP contribution < -0.4 is 10.5 Å². The van der Waals surface area contributed by atoms with Crippen LogP contribution >= 0.6 is 11.6 Å². The van der Waals surface area contributed by atoms with Gasteiger partial charge in [0.15, 0.2) is 11.0 Å². The number of nitrogens with one attached hydrogen (secondary N) is 1. The van der Waals surface area contributed by atoms with Gasteiger partial charge in [-0.05, 0) is 25.5 Å². The van der Waals surface area contributed by atoms with Crippen molar-refractivity contribution >= 4 is 17.4 Å². The number of nitrogens with zero attached hydrogens (tertiary/aromatic N) is 4. The summed E-state index contributed by atoms with van der Waals surface area (Å²) in [6, 6.07) is 3.56. The summed E-state index contributed by atoms with van der Waals surface area (Å²) in [7, 11) is 0. The Bertz CT molecular complexity index is 682. The lowest BCUT2D eigenvalue weighted by molar-refractivity contribution is 0.773. The summed E-state index contributed by atoms with van der Waals surface area (Å²) >= 11 is 5.75. The standard InChI is InChI=1S/C13H14ClN5O/c1-8-15-10-5-7-19(6-4-9(10)13(20)16-8)12-3-2-11(14)17-18-12/h2-3H,4-7H2,1H3,(H,15,16,20). The van der Waals surface area contributed by atoms with Crippen LogP contribution in [0.1, 0.15) is 17.1 Å². The molecule has 3 heterocycles. The molecule has 0 saturated carbocycles. The van der Waals surface area contributed by atoms with Crippen molar-refractivity contribution in [2.75, 3.05) is 18.0 Å². The van der Waals surface area contributed by atoms with E-state index < -0.39 is 0 Å². The van der Waals surface area contributed by atoms with Crippen LogP contribution in [0.3, 0.4) is 0 Å². The average molecular weight is 292 g/mol. The van der Waals surface area contributed by atoms with Gasteiger partial charge in [-0.2, -0.15) is 0 Å². The van der Waals surface area contributed by atoms with E-state index in [1.54, 1.807) is 13.0 Å². The van der Waals surface area contributed by atoms with Crippen LogP contribution in [-0.4, -0.2) is 33.3 Å². The molecule has 1 aliphatic heterocycles. The molecule has 0 unspecified atom stereocenters. The van der Waals surface area contributed by atoms with Crippen molar-refractivity contribution < 1.29 is 0 Å². The van der Waals surface area contributed by atoms with Crippen molar-refractivity contribution in [2.45, 2.75) is 19.8 Å². The van der Waals surface area contributed by atoms with Crippen LogP contribution in [0.25, 0.3) is 0 Å². The fourth-order valence-corrected chi connectivity index (χ4v) is 2.54. The van der Waals surface area contributed by atoms with E-state index in [1.807, 2.05) is 6.07 Å². The zero-order chi connectivity index (χ0) is 14.1. The maximum absolute atomic E-state index is 12.0. The highest BCUT2D eigenvalue weighted by Gasteiger charge is 2.19. The summed E-state index contributed by atoms with van der Waals surface area (Å²) in [5, 5.41) is 8.32. The van der Waals surface area contributed by atoms with Crippen molar-refractivity contribution in [2.24, 2.45) is 0 Å². The second-order valence-electron chi connectivity index (χ2n) is 4.78. The van der Waals surface area contributed by atoms with Gasteiger partial charge in [0, 0.05) is 25.1 Å². The Morgan fingerprint density at radius 1 is 1.25 bits per heavy atom. The molecule has 0 amide bonds. The highest BCUT2D eigenvalue weighted by atomic mass is 35.5. The molecule has 1 aliphatic rings. The number of aromatic nitrogens is 4. The second kappa shape index (κ2) is 5.20. The van der Waals surface area contributed by atoms with Gasteiger partial charge in [-0.25, -0.2) is 4.98 Å². The molecular weight excluding hydrogens is 278 g/mol. The Balaban J connectivity index is 1.87. The maximum Gasteiger partial charge on any atom is 0.254 e. The molecule has 0 atom stereocenters. The molecule has 3 rings (SSSR count). The molecule has 2 aromatic rings. The van der Waals surface area contributed by atoms with Gasteiger partial charge >= 0.3 is 0 Å². The van der Waals surface area contributed by atoms with E-state index in [0.717, 1.165) is 36.6 Å². The van der Waals surface area contributed by atoms with E-state index in [0.29, 0.717) is 17.4 Å². The molecule has 1 N–H and O–H groups in total. The number of halogens is 1. The number of fused-ring (bicyclic) bond motifs is 1. The summed E-state index contributed by atoms with van der Waals surface area (Å²) in [6.45, 7) is 3.28. The molecule has 0 fully saturated rings. The Labute approximate surface area is 120 Å². The maximum atomic E-state index is 12.0. The molecule has 0 bridgehead atoms. The van der Waals surface area contributed by atoms with Gasteiger partial charge in [-0.15, -0.1) is 10.2 Å². The molecule has 2 aromatic heterocycles. The minimum Gasteiger partial charge on any atom is -0.354 e. The fourth-order valence-electron chi connectivity index (χ4n) is 2.44. The van der Waals surface area contributed by atoms with Crippen LogP contribution in [0.5, 0.6) is 0 Å². The summed E-state index contributed by atoms with van der Waals surface area (Å²) in [5.74, 6) is 1.43. The first kappa shape index (κ1) is 13.1. The van der Waals surface area contributed by atoms with Gasteiger partial charge in [0.1, 0.15) is 5.82 Å². The van der Waals surface area contributed by atoms with Crippen molar-refractivity contribution in [1.82, 2.24) is 20.2 Å². The van der Waals surface area contributed by atoms with Gasteiger partial charge in [-0.3, -0.25) is 4.79 Å². The van der Waals surface area contributed by atoms with Gasteiger partial charge in [0.05, 0.1) is 5.69 Å². The van der Waals surface area contributed by atoms with Crippen LogP contribution in [0.15, 0.2) is 16.9 Å². The number of rotatable bonds is 1. The van der Waals surface area contributed by atoms with Gasteiger partial charge in [-0.1, -0.05) is 11.6 Å². The average Bonchev–Trinajstić information content (AvgIpc) is 2.62. The predicted octanol–water partition coefficient (Wildman–Crippen LogP) is 1.13. The highest BCUT2D eigenvalue weighted by molar-refractivity contribution is 6.29. The molecule has 7 heteroatoms. The first-order chi connectivity index (χ1) is 9.63. The minimum absolute atomic E-state index is 0.0310. The zero-order valence-electron chi connectivity index (χ0n) is 11.1. The summed E-state index contributed by atoms with van der Waals surface area (Å²) < 4.78 is 0. The van der Waals surface area contributed by atoms with Gasteiger partial charge in [0.2, 0.25) is 0 Å². The Hall–Kier alpha value is -1.95. The zero-order valence-corrected chi connectivity index (χ0v) is 11.8. The summed E-state index contributed by atoms with van der Waals surface area (Å²) in [6.07, 6.45) is 1.38. The molecule has 0 aromatic carbocycles. The topological polar surface area (TPSA) is 74.8 Å². The normalized spacial score (nSPS) is 14.8. The monoisotopic (exact) mass is 291 g/mol. The third kappa shape index (κ3) is 2.51. The highest BCUT2D eigenvalue weighted by Crippen LogP contribution is 2.17. The first-order valence-corrected chi connectivity index (χ1v) is 6.84. The molecule has 0 spiro atoms. The minimum atomic E-state index is -0.0310. The fraction of sp³-hybridized carbons (Fsp3) is 0.385. The molecule has 6 nitrogen and oxygen atoms in total. The third-order valence-corrected chi connectivity index (χ3v) is 3.61. The SMILES string of the molecule is Cc1nc2c(c(=O)[nH]1)CCN(c1ccc(Cl)nn1)CC2. The molecule has 0 radical (unpaired) electrons. The lowest BCUT2D eigenvalue weighted by Gasteiger charge is -2.20. The number of aryl methyl sites for hydroxylation is 1. The quantitative estimate of drug-likeness (QED) is 0.852. The second-order valence-corrected chi connectivity index (χ2v) is 5.17. The summed E-state index contributed by atoms with van der Waals surface area (Å²) in [5.41, 5.74) is 1.63.